The quantitative estimate of drug-likeness (QED) is 0.725. The molecular formula is C19H21FN2O5. The molecule has 0 aliphatic rings. The molecule has 0 bridgehead atoms. The fraction of sp³-hybridized carbons (Fsp3) is 0.263. The van der Waals surface area contributed by atoms with Crippen molar-refractivity contribution < 1.29 is 28.2 Å². The molecule has 0 saturated heterocycles. The van der Waals surface area contributed by atoms with Crippen LogP contribution in [0.3, 0.4) is 0 Å². The van der Waals surface area contributed by atoms with E-state index in [1.165, 1.54) is 26.2 Å². The Bertz CT molecular complexity index is 795. The van der Waals surface area contributed by atoms with E-state index >= 15 is 0 Å². The lowest BCUT2D eigenvalue weighted by Crippen LogP contribution is -2.47. The van der Waals surface area contributed by atoms with E-state index in [0.717, 1.165) is 6.07 Å². The van der Waals surface area contributed by atoms with E-state index in [-0.39, 0.29) is 11.3 Å². The lowest BCUT2D eigenvalue weighted by Gasteiger charge is -2.15. The molecule has 144 valence electrons. The molecule has 0 aliphatic heterocycles. The third-order valence-electron chi connectivity index (χ3n) is 3.54. The molecule has 0 radical (unpaired) electrons. The Balaban J connectivity index is 1.87. The topological polar surface area (TPSA) is 85.9 Å². The van der Waals surface area contributed by atoms with Crippen LogP contribution in [0.1, 0.15) is 24.2 Å². The van der Waals surface area contributed by atoms with Crippen molar-refractivity contribution in [2.45, 2.75) is 20.0 Å². The van der Waals surface area contributed by atoms with Crippen LogP contribution in [-0.2, 0) is 4.79 Å². The fourth-order valence-electron chi connectivity index (χ4n) is 2.13. The molecule has 2 amide bonds. The molecule has 0 saturated carbocycles. The first-order chi connectivity index (χ1) is 12.9. The maximum atomic E-state index is 13.9. The summed E-state index contributed by atoms with van der Waals surface area (Å²) in [5, 5.41) is 0. The van der Waals surface area contributed by atoms with Crippen molar-refractivity contribution in [3.05, 3.63) is 53.8 Å². The van der Waals surface area contributed by atoms with E-state index in [9.17, 15) is 14.0 Å². The Morgan fingerprint density at radius 1 is 1.04 bits per heavy atom. The number of rotatable bonds is 7. The van der Waals surface area contributed by atoms with Crippen LogP contribution >= 0.6 is 0 Å². The Hall–Kier alpha value is -3.29. The van der Waals surface area contributed by atoms with E-state index in [0.29, 0.717) is 18.1 Å². The van der Waals surface area contributed by atoms with Crippen LogP contribution in [-0.4, -0.2) is 31.6 Å². The smallest absolute Gasteiger partial charge is 0.279 e. The molecule has 2 aromatic rings. The van der Waals surface area contributed by atoms with Crippen LogP contribution < -0.4 is 25.1 Å². The van der Waals surface area contributed by atoms with E-state index in [1.54, 1.807) is 24.3 Å². The number of hydrogen-bond acceptors (Lipinski definition) is 5. The molecule has 27 heavy (non-hydrogen) atoms. The molecule has 2 aromatic carbocycles. The molecule has 2 rings (SSSR count). The number of carbonyl (C=O) groups excluding carboxylic acids is 2. The summed E-state index contributed by atoms with van der Waals surface area (Å²) in [7, 11) is 1.39. The minimum absolute atomic E-state index is 0.226. The Labute approximate surface area is 156 Å². The minimum atomic E-state index is -0.885. The number of hydrazine groups is 1. The summed E-state index contributed by atoms with van der Waals surface area (Å²) in [4.78, 5) is 24.0. The van der Waals surface area contributed by atoms with Gasteiger partial charge in [0, 0.05) is 6.07 Å². The maximum Gasteiger partial charge on any atom is 0.279 e. The molecule has 0 aromatic heterocycles. The van der Waals surface area contributed by atoms with E-state index in [4.69, 9.17) is 14.2 Å². The summed E-state index contributed by atoms with van der Waals surface area (Å²) in [6.07, 6.45) is -0.885. The van der Waals surface area contributed by atoms with Gasteiger partial charge in [-0.3, -0.25) is 20.4 Å². The van der Waals surface area contributed by atoms with Gasteiger partial charge in [0.05, 0.1) is 19.3 Å². The van der Waals surface area contributed by atoms with Gasteiger partial charge in [0.15, 0.2) is 6.10 Å². The van der Waals surface area contributed by atoms with Crippen LogP contribution in [0.25, 0.3) is 0 Å². The lowest BCUT2D eigenvalue weighted by molar-refractivity contribution is -0.128. The number of amides is 2. The fourth-order valence-corrected chi connectivity index (χ4v) is 2.13. The molecule has 7 nitrogen and oxygen atoms in total. The van der Waals surface area contributed by atoms with Gasteiger partial charge in [-0.2, -0.15) is 0 Å². The Morgan fingerprint density at radius 3 is 2.26 bits per heavy atom. The number of benzene rings is 2. The van der Waals surface area contributed by atoms with Crippen molar-refractivity contribution in [2.75, 3.05) is 13.7 Å². The third-order valence-corrected chi connectivity index (χ3v) is 3.54. The van der Waals surface area contributed by atoms with E-state index < -0.39 is 23.7 Å². The summed E-state index contributed by atoms with van der Waals surface area (Å²) < 4.78 is 29.5. The first-order valence-corrected chi connectivity index (χ1v) is 8.27. The maximum absolute atomic E-state index is 13.9. The number of carbonyl (C=O) groups is 2. The van der Waals surface area contributed by atoms with Crippen molar-refractivity contribution >= 4 is 11.8 Å². The molecule has 1 unspecified atom stereocenters. The summed E-state index contributed by atoms with van der Waals surface area (Å²) >= 11 is 0. The molecule has 8 heteroatoms. The second-order valence-electron chi connectivity index (χ2n) is 5.45. The van der Waals surface area contributed by atoms with Gasteiger partial charge in [-0.25, -0.2) is 4.39 Å². The second-order valence-corrected chi connectivity index (χ2v) is 5.45. The summed E-state index contributed by atoms with van der Waals surface area (Å²) in [6.45, 7) is 3.95. The number of ether oxygens (including phenoxy) is 3. The summed E-state index contributed by atoms with van der Waals surface area (Å²) in [5.74, 6) is -0.711. The van der Waals surface area contributed by atoms with Gasteiger partial charge in [0.25, 0.3) is 11.8 Å². The van der Waals surface area contributed by atoms with Crippen molar-refractivity contribution in [1.29, 1.82) is 0 Å². The predicted octanol–water partition coefficient (Wildman–Crippen LogP) is 2.46. The minimum Gasteiger partial charge on any atom is -0.497 e. The molecule has 0 spiro atoms. The number of nitrogens with one attached hydrogen (secondary N) is 2. The highest BCUT2D eigenvalue weighted by Gasteiger charge is 2.17. The number of halogens is 1. The molecule has 0 fully saturated rings. The molecule has 0 aliphatic carbocycles. The first kappa shape index (κ1) is 20.0. The molecule has 2 N–H and O–H groups in total. The zero-order chi connectivity index (χ0) is 19.8. The average Bonchev–Trinajstić information content (AvgIpc) is 2.67. The molecule has 0 heterocycles. The highest BCUT2D eigenvalue weighted by molar-refractivity contribution is 5.96. The monoisotopic (exact) mass is 376 g/mol. The Kier molecular flexibility index (Phi) is 6.99. The van der Waals surface area contributed by atoms with Gasteiger partial charge >= 0.3 is 0 Å². The summed E-state index contributed by atoms with van der Waals surface area (Å²) in [6, 6.07) is 10.6. The van der Waals surface area contributed by atoms with Crippen LogP contribution in [0.4, 0.5) is 4.39 Å². The highest BCUT2D eigenvalue weighted by Crippen LogP contribution is 2.19. The van der Waals surface area contributed by atoms with E-state index in [2.05, 4.69) is 10.9 Å². The zero-order valence-corrected chi connectivity index (χ0v) is 15.2. The van der Waals surface area contributed by atoms with Gasteiger partial charge in [-0.15, -0.1) is 0 Å². The average molecular weight is 376 g/mol. The van der Waals surface area contributed by atoms with Crippen LogP contribution in [0.15, 0.2) is 42.5 Å². The standard InChI is InChI=1S/C19H21FN2O5/c1-4-26-13-5-7-14(8-6-13)27-12(2)18(23)21-22-19(24)16-10-9-15(25-3)11-17(16)20/h5-12H,4H2,1-3H3,(H,21,23)(H,22,24). The van der Waals surface area contributed by atoms with Gasteiger partial charge in [-0.05, 0) is 50.2 Å². The van der Waals surface area contributed by atoms with E-state index in [1.807, 2.05) is 6.92 Å². The third kappa shape index (κ3) is 5.60. The van der Waals surface area contributed by atoms with Gasteiger partial charge < -0.3 is 14.2 Å². The summed E-state index contributed by atoms with van der Waals surface area (Å²) in [5.41, 5.74) is 4.13. The van der Waals surface area contributed by atoms with Crippen molar-refractivity contribution in [2.24, 2.45) is 0 Å². The van der Waals surface area contributed by atoms with Gasteiger partial charge in [0.1, 0.15) is 23.1 Å². The highest BCUT2D eigenvalue weighted by atomic mass is 19.1. The molecule has 1 atom stereocenters. The number of methoxy groups -OCH3 is 1. The van der Waals surface area contributed by atoms with Crippen LogP contribution in [0, 0.1) is 5.82 Å². The predicted molar refractivity (Wildman–Crippen MR) is 96.3 cm³/mol. The SMILES string of the molecule is CCOc1ccc(OC(C)C(=O)NNC(=O)c2ccc(OC)cc2F)cc1. The van der Waals surface area contributed by atoms with Crippen molar-refractivity contribution in [3.63, 3.8) is 0 Å². The first-order valence-electron chi connectivity index (χ1n) is 8.27. The van der Waals surface area contributed by atoms with Gasteiger partial charge in [0.2, 0.25) is 0 Å². The normalized spacial score (nSPS) is 11.3. The van der Waals surface area contributed by atoms with Crippen LogP contribution in [0.5, 0.6) is 17.2 Å². The lowest BCUT2D eigenvalue weighted by atomic mass is 10.2. The zero-order valence-electron chi connectivity index (χ0n) is 15.2. The van der Waals surface area contributed by atoms with Crippen molar-refractivity contribution in [3.8, 4) is 17.2 Å². The number of hydrogen-bond donors (Lipinski definition) is 2. The van der Waals surface area contributed by atoms with Crippen LogP contribution in [0.2, 0.25) is 0 Å². The molecular weight excluding hydrogens is 355 g/mol. The van der Waals surface area contributed by atoms with Gasteiger partial charge in [-0.1, -0.05) is 0 Å². The van der Waals surface area contributed by atoms with Crippen molar-refractivity contribution in [1.82, 2.24) is 10.9 Å². The Morgan fingerprint density at radius 2 is 1.67 bits per heavy atom. The largest absolute Gasteiger partial charge is 0.497 e. The second kappa shape index (κ2) is 9.42.